The molecule has 0 radical (unpaired) electrons. The van der Waals surface area contributed by atoms with E-state index in [9.17, 15) is 4.79 Å². The number of nitrogens with zero attached hydrogens (tertiary/aromatic N) is 4. The molecule has 2 saturated heterocycles. The van der Waals surface area contributed by atoms with Crippen LogP contribution >= 0.6 is 15.9 Å². The smallest absolute Gasteiger partial charge is 0.238 e. The molecule has 1 aromatic carbocycles. The van der Waals surface area contributed by atoms with Crippen molar-refractivity contribution < 1.29 is 4.79 Å². The van der Waals surface area contributed by atoms with Gasteiger partial charge in [-0.15, -0.1) is 0 Å². The van der Waals surface area contributed by atoms with E-state index in [0.717, 1.165) is 56.0 Å². The fraction of sp³-hybridized carbons (Fsp3) is 0.476. The van der Waals surface area contributed by atoms with E-state index in [4.69, 9.17) is 0 Å². The van der Waals surface area contributed by atoms with Crippen molar-refractivity contribution in [2.24, 2.45) is 0 Å². The molecule has 1 aromatic heterocycles. The Hall–Kier alpha value is -2.07. The molecule has 160 valence electrons. The van der Waals surface area contributed by atoms with Crippen LogP contribution in [0, 0.1) is 0 Å². The summed E-state index contributed by atoms with van der Waals surface area (Å²) in [6, 6.07) is 9.99. The molecule has 2 aliphatic heterocycles. The molecule has 3 heterocycles. The highest BCUT2D eigenvalue weighted by molar-refractivity contribution is 9.10. The number of hydrogen-bond donors (Lipinski definition) is 3. The number of aromatic nitrogens is 2. The highest BCUT2D eigenvalue weighted by Gasteiger charge is 2.29. The molecule has 0 aliphatic carbocycles. The number of anilines is 1. The topological polar surface area (TPSA) is 85.4 Å². The lowest BCUT2D eigenvalue weighted by molar-refractivity contribution is -0.122. The first-order valence-corrected chi connectivity index (χ1v) is 11.3. The van der Waals surface area contributed by atoms with E-state index in [2.05, 4.69) is 64.0 Å². The number of nitrogens with one attached hydrogen (secondary N) is 3. The van der Waals surface area contributed by atoms with E-state index in [0.29, 0.717) is 6.54 Å². The maximum absolute atomic E-state index is 12.5. The van der Waals surface area contributed by atoms with Gasteiger partial charge in [0, 0.05) is 55.6 Å². The zero-order chi connectivity index (χ0) is 20.8. The SMILES string of the molecule is O=C(NCCCN1CCN(c2ncccn2)CC1)C1CC(c2ccc(Br)cc2)NN1. The van der Waals surface area contributed by atoms with E-state index in [-0.39, 0.29) is 18.0 Å². The summed E-state index contributed by atoms with van der Waals surface area (Å²) in [5.41, 5.74) is 7.54. The van der Waals surface area contributed by atoms with Gasteiger partial charge in [-0.2, -0.15) is 0 Å². The van der Waals surface area contributed by atoms with Crippen molar-refractivity contribution in [2.75, 3.05) is 44.2 Å². The summed E-state index contributed by atoms with van der Waals surface area (Å²) in [7, 11) is 0. The first kappa shape index (κ1) is 21.2. The van der Waals surface area contributed by atoms with Crippen LogP contribution < -0.4 is 21.1 Å². The van der Waals surface area contributed by atoms with Crippen molar-refractivity contribution in [1.29, 1.82) is 0 Å². The molecule has 3 N–H and O–H groups in total. The number of carbonyl (C=O) groups excluding carboxylic acids is 1. The quantitative estimate of drug-likeness (QED) is 0.525. The van der Waals surface area contributed by atoms with Gasteiger partial charge >= 0.3 is 0 Å². The number of halogens is 1. The maximum atomic E-state index is 12.5. The van der Waals surface area contributed by atoms with Crippen molar-refractivity contribution in [3.8, 4) is 0 Å². The molecule has 0 saturated carbocycles. The fourth-order valence-electron chi connectivity index (χ4n) is 3.91. The lowest BCUT2D eigenvalue weighted by Crippen LogP contribution is -2.48. The Labute approximate surface area is 185 Å². The Morgan fingerprint density at radius 1 is 1.10 bits per heavy atom. The van der Waals surface area contributed by atoms with Gasteiger partial charge in [0.2, 0.25) is 11.9 Å². The summed E-state index contributed by atoms with van der Waals surface area (Å²) in [5.74, 6) is 0.872. The van der Waals surface area contributed by atoms with Crippen LogP contribution in [0.2, 0.25) is 0 Å². The van der Waals surface area contributed by atoms with E-state index >= 15 is 0 Å². The van der Waals surface area contributed by atoms with Crippen molar-refractivity contribution in [3.63, 3.8) is 0 Å². The van der Waals surface area contributed by atoms with Crippen LogP contribution in [-0.2, 0) is 4.79 Å². The number of rotatable bonds is 7. The first-order valence-electron chi connectivity index (χ1n) is 10.5. The lowest BCUT2D eigenvalue weighted by Gasteiger charge is -2.34. The number of hydrogen-bond acceptors (Lipinski definition) is 7. The molecule has 2 aliphatic rings. The highest BCUT2D eigenvalue weighted by Crippen LogP contribution is 2.23. The zero-order valence-electron chi connectivity index (χ0n) is 16.9. The minimum absolute atomic E-state index is 0.0631. The van der Waals surface area contributed by atoms with Gasteiger partial charge in [-0.05, 0) is 43.1 Å². The summed E-state index contributed by atoms with van der Waals surface area (Å²) in [6.07, 6.45) is 5.27. The minimum Gasteiger partial charge on any atom is -0.355 e. The Bertz CT molecular complexity index is 812. The third-order valence-corrected chi connectivity index (χ3v) is 6.18. The van der Waals surface area contributed by atoms with Crippen LogP contribution in [0.25, 0.3) is 0 Å². The molecule has 2 fully saturated rings. The van der Waals surface area contributed by atoms with Gasteiger partial charge in [-0.3, -0.25) is 9.69 Å². The largest absolute Gasteiger partial charge is 0.355 e. The summed E-state index contributed by atoms with van der Waals surface area (Å²) >= 11 is 3.46. The fourth-order valence-corrected chi connectivity index (χ4v) is 4.17. The van der Waals surface area contributed by atoms with Crippen LogP contribution in [0.4, 0.5) is 5.95 Å². The summed E-state index contributed by atoms with van der Waals surface area (Å²) < 4.78 is 1.06. The number of piperazine rings is 1. The normalized spacial score (nSPS) is 22.2. The monoisotopic (exact) mass is 473 g/mol. The van der Waals surface area contributed by atoms with Gasteiger partial charge in [0.05, 0.1) is 0 Å². The van der Waals surface area contributed by atoms with Crippen LogP contribution in [-0.4, -0.2) is 66.1 Å². The molecule has 9 heteroatoms. The van der Waals surface area contributed by atoms with E-state index in [1.165, 1.54) is 5.56 Å². The first-order chi connectivity index (χ1) is 14.7. The van der Waals surface area contributed by atoms with Crippen LogP contribution in [0.3, 0.4) is 0 Å². The Morgan fingerprint density at radius 3 is 2.57 bits per heavy atom. The summed E-state index contributed by atoms with van der Waals surface area (Å²) in [4.78, 5) is 25.8. The predicted octanol–water partition coefficient (Wildman–Crippen LogP) is 1.48. The molecular formula is C21H28BrN7O. The average Bonchev–Trinajstić information content (AvgIpc) is 3.28. The van der Waals surface area contributed by atoms with Crippen molar-refractivity contribution in [2.45, 2.75) is 24.9 Å². The molecule has 30 heavy (non-hydrogen) atoms. The van der Waals surface area contributed by atoms with Crippen LogP contribution in [0.1, 0.15) is 24.4 Å². The molecule has 0 bridgehead atoms. The zero-order valence-corrected chi connectivity index (χ0v) is 18.5. The molecule has 2 aromatic rings. The van der Waals surface area contributed by atoms with Crippen molar-refractivity contribution in [3.05, 3.63) is 52.8 Å². The molecule has 0 spiro atoms. The summed E-state index contributed by atoms with van der Waals surface area (Å²) in [6.45, 7) is 5.55. The third kappa shape index (κ3) is 5.54. The number of benzene rings is 1. The Morgan fingerprint density at radius 2 is 1.83 bits per heavy atom. The van der Waals surface area contributed by atoms with Gasteiger partial charge < -0.3 is 10.2 Å². The lowest BCUT2D eigenvalue weighted by atomic mass is 10.0. The van der Waals surface area contributed by atoms with Gasteiger partial charge in [0.15, 0.2) is 0 Å². The van der Waals surface area contributed by atoms with Crippen LogP contribution in [0.15, 0.2) is 47.2 Å². The highest BCUT2D eigenvalue weighted by atomic mass is 79.9. The number of amides is 1. The molecule has 2 unspecified atom stereocenters. The second-order valence-corrected chi connectivity index (χ2v) is 8.62. The second-order valence-electron chi connectivity index (χ2n) is 7.70. The van der Waals surface area contributed by atoms with Crippen LogP contribution in [0.5, 0.6) is 0 Å². The molecule has 1 amide bonds. The van der Waals surface area contributed by atoms with Gasteiger partial charge in [-0.25, -0.2) is 20.8 Å². The maximum Gasteiger partial charge on any atom is 0.238 e. The number of carbonyl (C=O) groups is 1. The standard InChI is InChI=1S/C21H28BrN7O/c22-17-5-3-16(4-6-17)18-15-19(27-26-18)20(30)23-9-2-10-28-11-13-29(14-12-28)21-24-7-1-8-25-21/h1,3-8,18-19,26-27H,2,9-15H2,(H,23,30). The minimum atomic E-state index is -0.201. The summed E-state index contributed by atoms with van der Waals surface area (Å²) in [5, 5.41) is 3.07. The van der Waals surface area contributed by atoms with E-state index < -0.39 is 0 Å². The molecule has 2 atom stereocenters. The average molecular weight is 474 g/mol. The van der Waals surface area contributed by atoms with E-state index in [1.807, 2.05) is 18.2 Å². The van der Waals surface area contributed by atoms with Gasteiger partial charge in [-0.1, -0.05) is 28.1 Å². The molecule has 8 nitrogen and oxygen atoms in total. The number of hydrazine groups is 1. The predicted molar refractivity (Wildman–Crippen MR) is 120 cm³/mol. The third-order valence-electron chi connectivity index (χ3n) is 5.65. The molecule has 4 rings (SSSR count). The van der Waals surface area contributed by atoms with Gasteiger partial charge in [0.1, 0.15) is 6.04 Å². The molecular weight excluding hydrogens is 446 g/mol. The van der Waals surface area contributed by atoms with Gasteiger partial charge in [0.25, 0.3) is 0 Å². The van der Waals surface area contributed by atoms with Crippen molar-refractivity contribution in [1.82, 2.24) is 31.0 Å². The Kier molecular flexibility index (Phi) is 7.27. The van der Waals surface area contributed by atoms with Crippen molar-refractivity contribution >= 4 is 27.8 Å². The van der Waals surface area contributed by atoms with E-state index in [1.54, 1.807) is 12.4 Å². The Balaban J connectivity index is 1.12. The second kappa shape index (κ2) is 10.3.